The number of benzene rings is 2. The summed E-state index contributed by atoms with van der Waals surface area (Å²) >= 11 is 6.17. The van der Waals surface area contributed by atoms with Crippen LogP contribution in [0.1, 0.15) is 11.1 Å². The zero-order valence-corrected chi connectivity index (χ0v) is 9.83. The SMILES string of the molecule is Clc1cccc2c1C=Cc1ccccc1N2.O. The molecule has 3 rings (SSSR count). The lowest BCUT2D eigenvalue weighted by Crippen LogP contribution is -1.92. The summed E-state index contributed by atoms with van der Waals surface area (Å²) in [4.78, 5) is 0. The molecule has 0 bridgehead atoms. The van der Waals surface area contributed by atoms with Crippen LogP contribution in [-0.4, -0.2) is 5.48 Å². The molecule has 3 heteroatoms. The van der Waals surface area contributed by atoms with Crippen molar-refractivity contribution in [2.75, 3.05) is 5.32 Å². The molecule has 17 heavy (non-hydrogen) atoms. The zero-order valence-electron chi connectivity index (χ0n) is 9.07. The smallest absolute Gasteiger partial charge is 0.0499 e. The highest BCUT2D eigenvalue weighted by Crippen LogP contribution is 2.33. The Kier molecular flexibility index (Phi) is 3.18. The summed E-state index contributed by atoms with van der Waals surface area (Å²) in [6.07, 6.45) is 4.14. The molecular formula is C14H12ClNO. The summed E-state index contributed by atoms with van der Waals surface area (Å²) < 4.78 is 0. The van der Waals surface area contributed by atoms with E-state index < -0.39 is 0 Å². The number of hydrogen-bond donors (Lipinski definition) is 1. The number of fused-ring (bicyclic) bond motifs is 2. The van der Waals surface area contributed by atoms with E-state index in [4.69, 9.17) is 11.6 Å². The molecular weight excluding hydrogens is 234 g/mol. The standard InChI is InChI=1S/C14H10ClN.H2O/c15-12-5-3-7-14-11(12)9-8-10-4-1-2-6-13(10)16-14;/h1-9,16H;1H2. The van der Waals surface area contributed by atoms with E-state index in [1.165, 1.54) is 5.56 Å². The molecule has 0 fully saturated rings. The van der Waals surface area contributed by atoms with Crippen LogP contribution in [0.25, 0.3) is 12.2 Å². The third-order valence-electron chi connectivity index (χ3n) is 2.71. The van der Waals surface area contributed by atoms with E-state index in [1.807, 2.05) is 30.3 Å². The van der Waals surface area contributed by atoms with Crippen molar-refractivity contribution >= 4 is 35.1 Å². The average molecular weight is 246 g/mol. The Balaban J connectivity index is 0.00000108. The summed E-state index contributed by atoms with van der Waals surface area (Å²) in [5.74, 6) is 0. The van der Waals surface area contributed by atoms with Gasteiger partial charge in [0.05, 0.1) is 0 Å². The minimum atomic E-state index is 0. The largest absolute Gasteiger partial charge is 0.412 e. The Morgan fingerprint density at radius 1 is 0.824 bits per heavy atom. The first-order chi connectivity index (χ1) is 7.84. The zero-order chi connectivity index (χ0) is 11.0. The molecule has 1 heterocycles. The molecule has 0 saturated carbocycles. The summed E-state index contributed by atoms with van der Waals surface area (Å²) in [5.41, 5.74) is 4.38. The maximum Gasteiger partial charge on any atom is 0.0499 e. The molecule has 0 atom stereocenters. The van der Waals surface area contributed by atoms with Crippen LogP contribution in [0, 0.1) is 0 Å². The van der Waals surface area contributed by atoms with Crippen LogP contribution >= 0.6 is 11.6 Å². The number of anilines is 2. The van der Waals surface area contributed by atoms with Crippen molar-refractivity contribution in [1.82, 2.24) is 0 Å². The Bertz CT molecular complexity index is 578. The van der Waals surface area contributed by atoms with Crippen LogP contribution in [0.15, 0.2) is 42.5 Å². The van der Waals surface area contributed by atoms with Crippen molar-refractivity contribution < 1.29 is 5.48 Å². The molecule has 3 N–H and O–H groups in total. The van der Waals surface area contributed by atoms with Gasteiger partial charge < -0.3 is 10.8 Å². The van der Waals surface area contributed by atoms with Gasteiger partial charge >= 0.3 is 0 Å². The normalized spacial score (nSPS) is 11.6. The Morgan fingerprint density at radius 2 is 1.59 bits per heavy atom. The molecule has 0 radical (unpaired) electrons. The molecule has 0 unspecified atom stereocenters. The van der Waals surface area contributed by atoms with Gasteiger partial charge in [-0.25, -0.2) is 0 Å². The van der Waals surface area contributed by atoms with E-state index in [-0.39, 0.29) is 5.48 Å². The van der Waals surface area contributed by atoms with Crippen molar-refractivity contribution in [2.45, 2.75) is 0 Å². The van der Waals surface area contributed by atoms with Gasteiger partial charge in [-0.1, -0.05) is 48.0 Å². The van der Waals surface area contributed by atoms with E-state index in [1.54, 1.807) is 0 Å². The summed E-state index contributed by atoms with van der Waals surface area (Å²) in [5, 5.41) is 4.17. The van der Waals surface area contributed by atoms with Gasteiger partial charge in [0.25, 0.3) is 0 Å². The number of halogens is 1. The van der Waals surface area contributed by atoms with E-state index in [0.29, 0.717) is 0 Å². The van der Waals surface area contributed by atoms with Gasteiger partial charge in [-0.2, -0.15) is 0 Å². The number of hydrogen-bond acceptors (Lipinski definition) is 1. The second-order valence-electron chi connectivity index (χ2n) is 3.75. The van der Waals surface area contributed by atoms with E-state index in [0.717, 1.165) is 22.0 Å². The topological polar surface area (TPSA) is 43.5 Å². The molecule has 2 aromatic rings. The van der Waals surface area contributed by atoms with E-state index in [2.05, 4.69) is 29.6 Å². The molecule has 2 nitrogen and oxygen atoms in total. The predicted octanol–water partition coefficient (Wildman–Crippen LogP) is 3.74. The van der Waals surface area contributed by atoms with Crippen LogP contribution < -0.4 is 5.32 Å². The minimum absolute atomic E-state index is 0. The molecule has 86 valence electrons. The molecule has 1 aliphatic rings. The van der Waals surface area contributed by atoms with Gasteiger partial charge in [0.2, 0.25) is 0 Å². The molecule has 0 amide bonds. The van der Waals surface area contributed by atoms with Crippen molar-refractivity contribution in [3.63, 3.8) is 0 Å². The van der Waals surface area contributed by atoms with Crippen LogP contribution in [0.2, 0.25) is 5.02 Å². The number of nitrogens with one attached hydrogen (secondary N) is 1. The highest BCUT2D eigenvalue weighted by molar-refractivity contribution is 6.32. The molecule has 1 aliphatic heterocycles. The Hall–Kier alpha value is -1.77. The third-order valence-corrected chi connectivity index (χ3v) is 3.04. The van der Waals surface area contributed by atoms with Crippen molar-refractivity contribution in [3.8, 4) is 0 Å². The van der Waals surface area contributed by atoms with Crippen molar-refractivity contribution in [2.24, 2.45) is 0 Å². The average Bonchev–Trinajstić information content (AvgIpc) is 2.48. The first-order valence-electron chi connectivity index (χ1n) is 5.17. The maximum absolute atomic E-state index is 6.17. The summed E-state index contributed by atoms with van der Waals surface area (Å²) in [6.45, 7) is 0. The van der Waals surface area contributed by atoms with Crippen molar-refractivity contribution in [1.29, 1.82) is 0 Å². The lowest BCUT2D eigenvalue weighted by molar-refractivity contribution is 0.824. The van der Waals surface area contributed by atoms with E-state index in [9.17, 15) is 0 Å². The van der Waals surface area contributed by atoms with Gasteiger partial charge in [-0.15, -0.1) is 0 Å². The molecule has 0 aromatic heterocycles. The second-order valence-corrected chi connectivity index (χ2v) is 4.15. The van der Waals surface area contributed by atoms with Crippen molar-refractivity contribution in [3.05, 3.63) is 58.6 Å². The lowest BCUT2D eigenvalue weighted by Gasteiger charge is -2.09. The highest BCUT2D eigenvalue weighted by atomic mass is 35.5. The maximum atomic E-state index is 6.17. The highest BCUT2D eigenvalue weighted by Gasteiger charge is 2.09. The molecule has 2 aromatic carbocycles. The summed E-state index contributed by atoms with van der Waals surface area (Å²) in [7, 11) is 0. The minimum Gasteiger partial charge on any atom is -0.412 e. The first kappa shape index (κ1) is 11.7. The van der Waals surface area contributed by atoms with E-state index >= 15 is 0 Å². The fraction of sp³-hybridized carbons (Fsp3) is 0. The lowest BCUT2D eigenvalue weighted by atomic mass is 10.1. The van der Waals surface area contributed by atoms with Gasteiger partial charge in [-0.05, 0) is 23.8 Å². The predicted molar refractivity (Wildman–Crippen MR) is 73.7 cm³/mol. The van der Waals surface area contributed by atoms with Gasteiger partial charge in [-0.3, -0.25) is 0 Å². The van der Waals surface area contributed by atoms with Crippen LogP contribution in [0.3, 0.4) is 0 Å². The van der Waals surface area contributed by atoms with Crippen LogP contribution in [0.4, 0.5) is 11.4 Å². The quantitative estimate of drug-likeness (QED) is 0.644. The Labute approximate surface area is 105 Å². The third kappa shape index (κ3) is 2.05. The van der Waals surface area contributed by atoms with Crippen LogP contribution in [0.5, 0.6) is 0 Å². The molecule has 0 saturated heterocycles. The Morgan fingerprint density at radius 3 is 2.47 bits per heavy atom. The monoisotopic (exact) mass is 245 g/mol. The summed E-state index contributed by atoms with van der Waals surface area (Å²) in [6, 6.07) is 14.1. The van der Waals surface area contributed by atoms with Gasteiger partial charge in [0, 0.05) is 22.0 Å². The van der Waals surface area contributed by atoms with Gasteiger partial charge in [0.15, 0.2) is 0 Å². The molecule has 0 spiro atoms. The fourth-order valence-corrected chi connectivity index (χ4v) is 2.13. The van der Waals surface area contributed by atoms with Gasteiger partial charge in [0.1, 0.15) is 0 Å². The first-order valence-corrected chi connectivity index (χ1v) is 5.55. The second kappa shape index (κ2) is 4.62. The molecule has 0 aliphatic carbocycles. The number of rotatable bonds is 0. The van der Waals surface area contributed by atoms with Crippen LogP contribution in [-0.2, 0) is 0 Å². The fourth-order valence-electron chi connectivity index (χ4n) is 1.89. The number of para-hydroxylation sites is 1.